The van der Waals surface area contributed by atoms with Crippen LogP contribution in [0.2, 0.25) is 5.02 Å². The molecule has 0 aliphatic carbocycles. The van der Waals surface area contributed by atoms with Crippen molar-refractivity contribution in [1.29, 1.82) is 0 Å². The van der Waals surface area contributed by atoms with Crippen molar-refractivity contribution < 1.29 is 41.6 Å². The van der Waals surface area contributed by atoms with Gasteiger partial charge in [-0.2, -0.15) is 13.2 Å². The molecule has 3 aromatic rings. The van der Waals surface area contributed by atoms with Crippen molar-refractivity contribution in [3.05, 3.63) is 94.3 Å². The number of ketones is 1. The summed E-state index contributed by atoms with van der Waals surface area (Å²) >= 11 is 6.20. The number of hydrogen-bond acceptors (Lipinski definition) is 6. The molecule has 14 heteroatoms. The highest BCUT2D eigenvalue weighted by atomic mass is 35.5. The lowest BCUT2D eigenvalue weighted by atomic mass is 10.0. The fourth-order valence-corrected chi connectivity index (χ4v) is 4.95. The van der Waals surface area contributed by atoms with Gasteiger partial charge in [0.1, 0.15) is 18.6 Å². The number of fused-ring (bicyclic) bond motifs is 1. The molecule has 1 fully saturated rings. The van der Waals surface area contributed by atoms with Gasteiger partial charge in [-0.25, -0.2) is 14.0 Å². The van der Waals surface area contributed by atoms with Crippen LogP contribution in [0.25, 0.3) is 0 Å². The van der Waals surface area contributed by atoms with Crippen LogP contribution in [0.3, 0.4) is 0 Å². The average molecular weight is 604 g/mol. The van der Waals surface area contributed by atoms with Crippen molar-refractivity contribution in [3.8, 4) is 0 Å². The van der Waals surface area contributed by atoms with Crippen molar-refractivity contribution in [2.24, 2.45) is 5.10 Å². The Morgan fingerprint density at radius 1 is 1.00 bits per heavy atom. The molecule has 0 aromatic heterocycles. The van der Waals surface area contributed by atoms with Crippen molar-refractivity contribution in [2.75, 3.05) is 24.5 Å². The molecule has 1 saturated heterocycles. The van der Waals surface area contributed by atoms with Crippen molar-refractivity contribution in [1.82, 2.24) is 9.66 Å². The van der Waals surface area contributed by atoms with Crippen LogP contribution in [0.1, 0.15) is 26.3 Å². The van der Waals surface area contributed by atoms with E-state index in [1.54, 1.807) is 24.3 Å². The molecule has 2 aliphatic rings. The van der Waals surface area contributed by atoms with E-state index < -0.39 is 52.4 Å². The zero-order valence-corrected chi connectivity index (χ0v) is 22.2. The summed E-state index contributed by atoms with van der Waals surface area (Å²) in [7, 11) is 0. The summed E-state index contributed by atoms with van der Waals surface area (Å²) in [6.07, 6.45) is -4.66. The van der Waals surface area contributed by atoms with Crippen molar-refractivity contribution in [2.45, 2.75) is 12.7 Å². The number of hydroxylamine groups is 1. The Hall–Kier alpha value is -4.62. The summed E-state index contributed by atoms with van der Waals surface area (Å²) in [6, 6.07) is 15.4. The summed E-state index contributed by atoms with van der Waals surface area (Å²) in [6.45, 7) is -0.871. The van der Waals surface area contributed by atoms with Gasteiger partial charge in [-0.15, -0.1) is 0 Å². The van der Waals surface area contributed by atoms with Crippen molar-refractivity contribution in [3.63, 3.8) is 0 Å². The second-order valence-corrected chi connectivity index (χ2v) is 9.81. The molecule has 2 aliphatic heterocycles. The quantitative estimate of drug-likeness (QED) is 0.312. The van der Waals surface area contributed by atoms with E-state index in [1.807, 2.05) is 0 Å². The molecule has 0 bridgehead atoms. The summed E-state index contributed by atoms with van der Waals surface area (Å²) in [4.78, 5) is 57.9. The molecule has 0 saturated carbocycles. The number of rotatable bonds is 5. The van der Waals surface area contributed by atoms with E-state index in [4.69, 9.17) is 16.4 Å². The standard InChI is InChI=1S/C28H20ClF4N4O5/c29-20-6-2-3-7-22(20)36-12-11-35(15-25(36)39)26(40)19-13-17(9-10-21(19)30)16-37(42-27(41)28(31,32)33)23-8-4-1-5-18(23)24(38)14-34-37/h1-10,13-14H,11-12,15-16H2/q+1. The first kappa shape index (κ1) is 28.9. The smallest absolute Gasteiger partial charge is 0.327 e. The van der Waals surface area contributed by atoms with Gasteiger partial charge in [0.25, 0.3) is 5.91 Å². The lowest BCUT2D eigenvalue weighted by Gasteiger charge is -2.35. The number of hydrogen-bond donors (Lipinski definition) is 0. The Labute approximate surface area is 240 Å². The van der Waals surface area contributed by atoms with Gasteiger partial charge in [0, 0.05) is 29.5 Å². The van der Waals surface area contributed by atoms with Crippen LogP contribution in [0.4, 0.5) is 28.9 Å². The molecule has 1 atom stereocenters. The Balaban J connectivity index is 1.44. The molecule has 5 rings (SSSR count). The number of benzene rings is 3. The van der Waals surface area contributed by atoms with E-state index in [1.165, 1.54) is 35.2 Å². The number of Topliss-reactive ketones (excluding diaryl/α,β-unsaturated/α-hetero) is 1. The Morgan fingerprint density at radius 3 is 2.43 bits per heavy atom. The Morgan fingerprint density at radius 2 is 1.71 bits per heavy atom. The van der Waals surface area contributed by atoms with Gasteiger partial charge in [-0.3, -0.25) is 14.4 Å². The van der Waals surface area contributed by atoms with Crippen molar-refractivity contribution >= 4 is 52.8 Å². The minimum atomic E-state index is -5.39. The van der Waals surface area contributed by atoms with Gasteiger partial charge < -0.3 is 9.80 Å². The maximum Gasteiger partial charge on any atom is 0.497 e. The topological polar surface area (TPSA) is 96.4 Å². The van der Waals surface area contributed by atoms with Crippen LogP contribution in [0, 0.1) is 5.82 Å². The number of amides is 2. The third-order valence-corrected chi connectivity index (χ3v) is 7.00. The van der Waals surface area contributed by atoms with E-state index in [0.29, 0.717) is 10.7 Å². The van der Waals surface area contributed by atoms with Gasteiger partial charge >= 0.3 is 12.1 Å². The van der Waals surface area contributed by atoms with E-state index in [9.17, 15) is 36.7 Å². The Bertz CT molecular complexity index is 1650. The molecule has 2 heterocycles. The predicted molar refractivity (Wildman–Crippen MR) is 143 cm³/mol. The van der Waals surface area contributed by atoms with Gasteiger partial charge in [-0.1, -0.05) is 41.9 Å². The minimum Gasteiger partial charge on any atom is -0.327 e. The number of anilines is 1. The first-order valence-electron chi connectivity index (χ1n) is 12.4. The predicted octanol–water partition coefficient (Wildman–Crippen LogP) is 4.68. The zero-order chi connectivity index (χ0) is 30.2. The first-order chi connectivity index (χ1) is 19.9. The van der Waals surface area contributed by atoms with Crippen LogP contribution in [-0.2, 0) is 21.0 Å². The summed E-state index contributed by atoms with van der Waals surface area (Å²) in [5, 5.41) is 4.19. The lowest BCUT2D eigenvalue weighted by Crippen LogP contribution is -2.52. The summed E-state index contributed by atoms with van der Waals surface area (Å²) in [5.74, 6) is -5.43. The number of alkyl halides is 3. The molecule has 0 spiro atoms. The molecule has 1 unspecified atom stereocenters. The van der Waals surface area contributed by atoms with Gasteiger partial charge in [0.15, 0.2) is 6.54 Å². The summed E-state index contributed by atoms with van der Waals surface area (Å²) in [5.41, 5.74) is -0.168. The SMILES string of the molecule is O=C1C=N[N+](Cc2ccc(F)c(C(=O)N3CCN(c4ccccc4Cl)C(=O)C3)c2)(OC(=O)C(F)(F)F)c2ccccc21. The number of quaternary nitrogens is 1. The Kier molecular flexibility index (Phi) is 7.56. The minimum absolute atomic E-state index is 0.0441. The first-order valence-corrected chi connectivity index (χ1v) is 12.8. The molecular weight excluding hydrogens is 584 g/mol. The lowest BCUT2D eigenvalue weighted by molar-refractivity contribution is -0.237. The number of carbonyl (C=O) groups is 4. The normalized spacial score (nSPS) is 18.6. The largest absolute Gasteiger partial charge is 0.497 e. The van der Waals surface area contributed by atoms with E-state index in [0.717, 1.165) is 23.2 Å². The van der Waals surface area contributed by atoms with E-state index in [-0.39, 0.29) is 36.4 Å². The molecule has 9 nitrogen and oxygen atoms in total. The number of nitrogens with zero attached hydrogens (tertiary/aromatic N) is 4. The van der Waals surface area contributed by atoms with Crippen LogP contribution >= 0.6 is 11.6 Å². The number of para-hydroxylation sites is 2. The van der Waals surface area contributed by atoms with Gasteiger partial charge in [0.05, 0.1) is 21.8 Å². The van der Waals surface area contributed by atoms with Crippen LogP contribution in [0.5, 0.6) is 0 Å². The monoisotopic (exact) mass is 603 g/mol. The second-order valence-electron chi connectivity index (χ2n) is 9.40. The third-order valence-electron chi connectivity index (χ3n) is 6.68. The fraction of sp³-hybridized carbons (Fsp3) is 0.179. The molecular formula is C28H20ClF4N4O5+. The number of halogens is 5. The van der Waals surface area contributed by atoms with Crippen LogP contribution in [-0.4, -0.2) is 60.5 Å². The highest BCUT2D eigenvalue weighted by molar-refractivity contribution is 6.37. The number of piperazine rings is 1. The highest BCUT2D eigenvalue weighted by Crippen LogP contribution is 2.36. The average Bonchev–Trinajstić information content (AvgIpc) is 2.96. The van der Waals surface area contributed by atoms with Gasteiger partial charge in [0.2, 0.25) is 17.4 Å². The summed E-state index contributed by atoms with van der Waals surface area (Å²) < 4.78 is 53.2. The molecule has 216 valence electrons. The maximum atomic E-state index is 14.9. The molecule has 0 radical (unpaired) electrons. The third kappa shape index (κ3) is 5.48. The van der Waals surface area contributed by atoms with Gasteiger partial charge in [-0.05, 0) is 35.4 Å². The highest BCUT2D eigenvalue weighted by Gasteiger charge is 2.52. The van der Waals surface area contributed by atoms with E-state index >= 15 is 0 Å². The second kappa shape index (κ2) is 11.0. The maximum absolute atomic E-state index is 14.9. The fourth-order valence-electron chi connectivity index (χ4n) is 4.71. The molecule has 2 amide bonds. The molecule has 42 heavy (non-hydrogen) atoms. The molecule has 3 aromatic carbocycles. The zero-order valence-electron chi connectivity index (χ0n) is 21.5. The molecule has 0 N–H and O–H groups in total. The van der Waals surface area contributed by atoms with E-state index in [2.05, 4.69) is 5.10 Å². The number of carbonyl (C=O) groups excluding carboxylic acids is 4. The van der Waals surface area contributed by atoms with Crippen LogP contribution in [0.15, 0.2) is 71.8 Å². The van der Waals surface area contributed by atoms with Crippen LogP contribution < -0.4 is 9.66 Å².